The molecule has 0 aromatic heterocycles. The van der Waals surface area contributed by atoms with Crippen LogP contribution in [0.1, 0.15) is 81.1 Å². The van der Waals surface area contributed by atoms with Gasteiger partial charge in [0.05, 0.1) is 12.1 Å². The Bertz CT molecular complexity index is 884. The minimum absolute atomic E-state index is 0.0317. The van der Waals surface area contributed by atoms with Gasteiger partial charge in [0.2, 0.25) is 11.7 Å². The van der Waals surface area contributed by atoms with Crippen molar-refractivity contribution in [1.82, 2.24) is 20.9 Å². The summed E-state index contributed by atoms with van der Waals surface area (Å²) >= 11 is 0. The van der Waals surface area contributed by atoms with Crippen molar-refractivity contribution in [3.8, 4) is 0 Å². The maximum absolute atomic E-state index is 13.7. The summed E-state index contributed by atoms with van der Waals surface area (Å²) < 4.78 is 0. The third kappa shape index (κ3) is 6.39. The molecule has 0 aromatic rings. The van der Waals surface area contributed by atoms with Gasteiger partial charge in [0.1, 0.15) is 0 Å². The average Bonchev–Trinajstić information content (AvgIpc) is 3.02. The topological polar surface area (TPSA) is 134 Å². The number of primary amides is 1. The molecule has 0 unspecified atom stereocenters. The van der Waals surface area contributed by atoms with E-state index in [1.807, 2.05) is 20.8 Å². The molecule has 0 aromatic carbocycles. The molecule has 0 radical (unpaired) electrons. The van der Waals surface area contributed by atoms with Gasteiger partial charge in [-0.2, -0.15) is 0 Å². The number of ketones is 1. The molecule has 0 bridgehead atoms. The summed E-state index contributed by atoms with van der Waals surface area (Å²) in [4.78, 5) is 52.8. The van der Waals surface area contributed by atoms with Crippen molar-refractivity contribution in [2.75, 3.05) is 13.1 Å². The zero-order valence-corrected chi connectivity index (χ0v) is 23.4. The smallest absolute Gasteiger partial charge is 0.315 e. The zero-order valence-electron chi connectivity index (χ0n) is 23.4. The first-order valence-electron chi connectivity index (χ1n) is 13.4. The molecule has 3 aliphatic rings. The number of nitrogens with two attached hydrogens (primary N) is 1. The second-order valence-corrected chi connectivity index (χ2v) is 13.9. The van der Waals surface area contributed by atoms with Crippen LogP contribution in [0.5, 0.6) is 0 Å². The molecule has 1 heterocycles. The van der Waals surface area contributed by atoms with Gasteiger partial charge in [0, 0.05) is 24.7 Å². The zero-order chi connectivity index (χ0) is 27.2. The molecule has 1 aliphatic heterocycles. The van der Waals surface area contributed by atoms with E-state index in [1.165, 1.54) is 0 Å². The van der Waals surface area contributed by atoms with Gasteiger partial charge in [-0.15, -0.1) is 0 Å². The molecule has 2 saturated carbocycles. The maximum atomic E-state index is 13.7. The Balaban J connectivity index is 1.77. The Morgan fingerprint density at radius 3 is 2.11 bits per heavy atom. The predicted molar refractivity (Wildman–Crippen MR) is 139 cm³/mol. The molecule has 0 spiro atoms. The van der Waals surface area contributed by atoms with Crippen LogP contribution in [0, 0.1) is 28.6 Å². The summed E-state index contributed by atoms with van der Waals surface area (Å²) in [6.45, 7) is 17.6. The van der Waals surface area contributed by atoms with E-state index < -0.39 is 23.8 Å². The largest absolute Gasteiger partial charge is 0.363 e. The van der Waals surface area contributed by atoms with E-state index in [2.05, 4.69) is 55.5 Å². The summed E-state index contributed by atoms with van der Waals surface area (Å²) in [5.74, 6) is -1.09. The third-order valence-electron chi connectivity index (χ3n) is 8.50. The highest BCUT2D eigenvalue weighted by Crippen LogP contribution is 2.64. The summed E-state index contributed by atoms with van der Waals surface area (Å²) in [5.41, 5.74) is 4.74. The van der Waals surface area contributed by atoms with Crippen molar-refractivity contribution in [2.24, 2.45) is 34.3 Å². The highest BCUT2D eigenvalue weighted by Gasteiger charge is 2.68. The number of likely N-dealkylation sites (tertiary alicyclic amines) is 1. The Morgan fingerprint density at radius 1 is 1.03 bits per heavy atom. The van der Waals surface area contributed by atoms with Crippen molar-refractivity contribution >= 4 is 23.6 Å². The van der Waals surface area contributed by atoms with Crippen LogP contribution in [0.2, 0.25) is 0 Å². The molecule has 5 atom stereocenters. The van der Waals surface area contributed by atoms with Gasteiger partial charge in [-0.1, -0.05) is 53.9 Å². The Morgan fingerprint density at radius 2 is 1.64 bits per heavy atom. The second-order valence-electron chi connectivity index (χ2n) is 13.9. The van der Waals surface area contributed by atoms with Gasteiger partial charge < -0.3 is 21.7 Å². The lowest BCUT2D eigenvalue weighted by Crippen LogP contribution is -2.59. The number of hydrogen-bond donors (Lipinski definition) is 4. The van der Waals surface area contributed by atoms with Crippen molar-refractivity contribution in [1.29, 1.82) is 0 Å². The van der Waals surface area contributed by atoms with E-state index in [9.17, 15) is 19.2 Å². The highest BCUT2D eigenvalue weighted by molar-refractivity contribution is 6.37. The lowest BCUT2D eigenvalue weighted by Gasteiger charge is -2.39. The lowest BCUT2D eigenvalue weighted by atomic mass is 9.80. The number of carbonyl (C=O) groups is 4. The van der Waals surface area contributed by atoms with Crippen LogP contribution in [0.15, 0.2) is 0 Å². The Kier molecular flexibility index (Phi) is 7.85. The summed E-state index contributed by atoms with van der Waals surface area (Å²) in [5, 5.41) is 9.00. The number of hydrogen-bond acceptors (Lipinski definition) is 5. The minimum atomic E-state index is -1.01. The number of Topliss-reactive ketones (excluding diaryl/α,β-unsaturated/α-hetero) is 1. The van der Waals surface area contributed by atoms with Gasteiger partial charge in [0.15, 0.2) is 0 Å². The SMILES string of the molecule is CC(C)(C)NC(=O)N[C@H](CN1C[C@H]2[C@@H]([C@H]1C(=O)N[C@@H](CC1CCC1)C(=O)C(N)=O)C2(C)C)C(C)(C)C. The monoisotopic (exact) mass is 505 g/mol. The number of amides is 4. The van der Waals surface area contributed by atoms with E-state index in [4.69, 9.17) is 5.73 Å². The fourth-order valence-electron chi connectivity index (χ4n) is 5.90. The van der Waals surface area contributed by atoms with Crippen LogP contribution >= 0.6 is 0 Å². The second kappa shape index (κ2) is 9.95. The molecule has 1 saturated heterocycles. The Hall–Kier alpha value is -2.16. The summed E-state index contributed by atoms with van der Waals surface area (Å²) in [6, 6.07) is -1.74. The first kappa shape index (κ1) is 28.4. The molecular weight excluding hydrogens is 458 g/mol. The molecule has 3 rings (SSSR count). The lowest BCUT2D eigenvalue weighted by molar-refractivity contribution is -0.139. The fourth-order valence-corrected chi connectivity index (χ4v) is 5.90. The van der Waals surface area contributed by atoms with Crippen LogP contribution < -0.4 is 21.7 Å². The van der Waals surface area contributed by atoms with Gasteiger partial charge >= 0.3 is 6.03 Å². The summed E-state index contributed by atoms with van der Waals surface area (Å²) in [7, 11) is 0. The maximum Gasteiger partial charge on any atom is 0.315 e. The molecule has 5 N–H and O–H groups in total. The minimum Gasteiger partial charge on any atom is -0.363 e. The van der Waals surface area contributed by atoms with Crippen molar-refractivity contribution < 1.29 is 19.2 Å². The molecular formula is C27H47N5O4. The summed E-state index contributed by atoms with van der Waals surface area (Å²) in [6.07, 6.45) is 3.56. The normalized spacial score (nSPS) is 27.3. The first-order chi connectivity index (χ1) is 16.4. The molecule has 3 fully saturated rings. The fraction of sp³-hybridized carbons (Fsp3) is 0.852. The van der Waals surface area contributed by atoms with E-state index in [1.54, 1.807) is 0 Å². The number of piperidine rings is 1. The van der Waals surface area contributed by atoms with Crippen molar-refractivity contribution in [3.63, 3.8) is 0 Å². The molecule has 4 amide bonds. The number of nitrogens with zero attached hydrogens (tertiary/aromatic N) is 1. The molecule has 36 heavy (non-hydrogen) atoms. The van der Waals surface area contributed by atoms with Gasteiger partial charge in [0.25, 0.3) is 5.91 Å². The van der Waals surface area contributed by atoms with E-state index in [0.29, 0.717) is 24.8 Å². The van der Waals surface area contributed by atoms with Gasteiger partial charge in [-0.05, 0) is 55.8 Å². The number of carbonyl (C=O) groups excluding carboxylic acids is 4. The van der Waals surface area contributed by atoms with E-state index in [-0.39, 0.29) is 40.3 Å². The number of nitrogens with one attached hydrogen (secondary N) is 3. The van der Waals surface area contributed by atoms with Gasteiger partial charge in [-0.3, -0.25) is 19.3 Å². The molecule has 2 aliphatic carbocycles. The quantitative estimate of drug-likeness (QED) is 0.357. The number of rotatable bonds is 9. The van der Waals surface area contributed by atoms with Gasteiger partial charge in [-0.25, -0.2) is 4.79 Å². The van der Waals surface area contributed by atoms with Crippen molar-refractivity contribution in [3.05, 3.63) is 0 Å². The first-order valence-corrected chi connectivity index (χ1v) is 13.4. The van der Waals surface area contributed by atoms with Crippen molar-refractivity contribution in [2.45, 2.75) is 105 Å². The van der Waals surface area contributed by atoms with E-state index >= 15 is 0 Å². The van der Waals surface area contributed by atoms with E-state index in [0.717, 1.165) is 25.8 Å². The molecule has 204 valence electrons. The number of fused-ring (bicyclic) bond motifs is 1. The molecule has 9 heteroatoms. The molecule has 9 nitrogen and oxygen atoms in total. The van der Waals surface area contributed by atoms with Crippen LogP contribution in [-0.4, -0.2) is 65.3 Å². The van der Waals surface area contributed by atoms with Crippen LogP contribution in [-0.2, 0) is 14.4 Å². The standard InChI is InChI=1S/C27H47N5O4/c1-25(2,3)18(30-24(36)31-26(4,5)6)14-32-13-16-19(27(16,7)8)20(32)23(35)29-17(21(33)22(28)34)12-15-10-9-11-15/h15-20H,9-14H2,1-8H3,(H2,28,34)(H,29,35)(H2,30,31,36)/t16-,17-,18+,19-,20-/m0/s1. The highest BCUT2D eigenvalue weighted by atomic mass is 16.2. The average molecular weight is 506 g/mol. The number of urea groups is 1. The van der Waals surface area contributed by atoms with Crippen LogP contribution in [0.25, 0.3) is 0 Å². The predicted octanol–water partition coefficient (Wildman–Crippen LogP) is 2.18. The van der Waals surface area contributed by atoms with Crippen LogP contribution in [0.4, 0.5) is 4.79 Å². The third-order valence-corrected chi connectivity index (χ3v) is 8.50. The van der Waals surface area contributed by atoms with Crippen LogP contribution in [0.3, 0.4) is 0 Å². The Labute approximate surface area is 216 Å².